The maximum absolute atomic E-state index is 13.9. The molecule has 158 valence electrons. The largest absolute Gasteiger partial charge is 0.502 e. The van der Waals surface area contributed by atoms with E-state index in [-0.39, 0.29) is 28.6 Å². The zero-order valence-corrected chi connectivity index (χ0v) is 16.9. The Morgan fingerprint density at radius 1 is 1.33 bits per heavy atom. The Labute approximate surface area is 174 Å². The van der Waals surface area contributed by atoms with Gasteiger partial charge in [-0.1, -0.05) is 0 Å². The summed E-state index contributed by atoms with van der Waals surface area (Å²) in [5.41, 5.74) is -0.184. The van der Waals surface area contributed by atoms with Crippen molar-refractivity contribution < 1.29 is 27.8 Å². The van der Waals surface area contributed by atoms with Gasteiger partial charge in [0.25, 0.3) is 0 Å². The van der Waals surface area contributed by atoms with E-state index in [0.717, 1.165) is 30.0 Å². The molecule has 1 atom stereocenters. The number of carbonyl (C=O) groups excluding carboxylic acids is 1. The molecule has 0 aliphatic carbocycles. The minimum Gasteiger partial charge on any atom is -0.502 e. The van der Waals surface area contributed by atoms with Gasteiger partial charge in [0, 0.05) is 36.0 Å². The van der Waals surface area contributed by atoms with E-state index < -0.39 is 34.7 Å². The third kappa shape index (κ3) is 4.70. The molecule has 30 heavy (non-hydrogen) atoms. The normalized spacial score (nSPS) is 12.0. The van der Waals surface area contributed by atoms with Gasteiger partial charge in [0.15, 0.2) is 5.76 Å². The van der Waals surface area contributed by atoms with E-state index >= 15 is 0 Å². The standard InChI is InChI=1S/C20H18F2N2O5S/c1-24-15(5-6-23-24)13(9-18(26)28-2)20-19(27)16(25)8-12(29-20)10-30-17-4-3-11(21)7-14(17)22/h3-8,13,27H,9-10H2,1-2H3. The number of esters is 1. The van der Waals surface area contributed by atoms with Crippen LogP contribution < -0.4 is 5.43 Å². The first-order valence-electron chi connectivity index (χ1n) is 8.78. The van der Waals surface area contributed by atoms with Crippen molar-refractivity contribution in [1.29, 1.82) is 0 Å². The molecule has 1 unspecified atom stereocenters. The summed E-state index contributed by atoms with van der Waals surface area (Å²) >= 11 is 0.998. The highest BCUT2D eigenvalue weighted by atomic mass is 32.2. The van der Waals surface area contributed by atoms with E-state index in [9.17, 15) is 23.5 Å². The molecule has 0 fully saturated rings. The average molecular weight is 436 g/mol. The van der Waals surface area contributed by atoms with Crippen molar-refractivity contribution in [2.45, 2.75) is 23.0 Å². The number of methoxy groups -OCH3 is 1. The van der Waals surface area contributed by atoms with Crippen LogP contribution in [-0.2, 0) is 22.3 Å². The quantitative estimate of drug-likeness (QED) is 0.448. The SMILES string of the molecule is COC(=O)CC(c1oc(CSc2ccc(F)cc2F)cc(=O)c1O)c1ccnn1C. The number of halogens is 2. The van der Waals surface area contributed by atoms with Crippen LogP contribution in [0.3, 0.4) is 0 Å². The van der Waals surface area contributed by atoms with Crippen molar-refractivity contribution in [3.8, 4) is 5.75 Å². The Bertz CT molecular complexity index is 1130. The zero-order chi connectivity index (χ0) is 21.8. The molecule has 1 aromatic carbocycles. The average Bonchev–Trinajstić information content (AvgIpc) is 3.13. The lowest BCUT2D eigenvalue weighted by Crippen LogP contribution is -2.16. The van der Waals surface area contributed by atoms with Crippen LogP contribution in [0.25, 0.3) is 0 Å². The summed E-state index contributed by atoms with van der Waals surface area (Å²) in [4.78, 5) is 24.4. The number of rotatable bonds is 7. The van der Waals surface area contributed by atoms with Crippen LogP contribution in [0.4, 0.5) is 8.78 Å². The molecule has 2 aromatic heterocycles. The van der Waals surface area contributed by atoms with Crippen LogP contribution in [0.1, 0.15) is 29.6 Å². The van der Waals surface area contributed by atoms with Gasteiger partial charge in [-0.15, -0.1) is 11.8 Å². The maximum Gasteiger partial charge on any atom is 0.306 e. The van der Waals surface area contributed by atoms with Crippen molar-refractivity contribution in [1.82, 2.24) is 9.78 Å². The van der Waals surface area contributed by atoms with Gasteiger partial charge in [-0.3, -0.25) is 14.3 Å². The molecule has 3 rings (SSSR count). The van der Waals surface area contributed by atoms with Crippen molar-refractivity contribution in [2.24, 2.45) is 7.05 Å². The van der Waals surface area contributed by atoms with Crippen LogP contribution in [0.5, 0.6) is 5.75 Å². The fourth-order valence-electron chi connectivity index (χ4n) is 2.91. The van der Waals surface area contributed by atoms with Gasteiger partial charge in [-0.05, 0) is 18.2 Å². The molecule has 0 spiro atoms. The van der Waals surface area contributed by atoms with Crippen LogP contribution in [0.2, 0.25) is 0 Å². The molecule has 0 radical (unpaired) electrons. The van der Waals surface area contributed by atoms with Crippen LogP contribution in [0.15, 0.2) is 50.6 Å². The summed E-state index contributed by atoms with van der Waals surface area (Å²) in [6.45, 7) is 0. The Morgan fingerprint density at radius 2 is 2.10 bits per heavy atom. The van der Waals surface area contributed by atoms with Crippen LogP contribution in [-0.4, -0.2) is 28.0 Å². The van der Waals surface area contributed by atoms with Gasteiger partial charge >= 0.3 is 5.97 Å². The van der Waals surface area contributed by atoms with E-state index in [2.05, 4.69) is 5.10 Å². The van der Waals surface area contributed by atoms with Crippen LogP contribution >= 0.6 is 11.8 Å². The molecular weight excluding hydrogens is 418 g/mol. The van der Waals surface area contributed by atoms with Gasteiger partial charge in [0.2, 0.25) is 11.2 Å². The zero-order valence-electron chi connectivity index (χ0n) is 16.1. The summed E-state index contributed by atoms with van der Waals surface area (Å²) in [7, 11) is 2.87. The highest BCUT2D eigenvalue weighted by Crippen LogP contribution is 2.34. The smallest absolute Gasteiger partial charge is 0.306 e. The number of carbonyl (C=O) groups is 1. The lowest BCUT2D eigenvalue weighted by molar-refractivity contribution is -0.141. The number of thioether (sulfide) groups is 1. The maximum atomic E-state index is 13.9. The molecule has 2 heterocycles. The third-order valence-electron chi connectivity index (χ3n) is 4.39. The van der Waals surface area contributed by atoms with Gasteiger partial charge in [0.1, 0.15) is 17.4 Å². The van der Waals surface area contributed by atoms with Gasteiger partial charge in [-0.25, -0.2) is 8.78 Å². The molecule has 0 saturated carbocycles. The minimum atomic E-state index is -0.829. The molecule has 0 amide bonds. The molecule has 0 bridgehead atoms. The van der Waals surface area contributed by atoms with E-state index in [4.69, 9.17) is 9.15 Å². The van der Waals surface area contributed by atoms with Gasteiger partial charge in [-0.2, -0.15) is 5.10 Å². The second kappa shape index (κ2) is 9.12. The second-order valence-corrected chi connectivity index (χ2v) is 7.38. The van der Waals surface area contributed by atoms with E-state index in [1.54, 1.807) is 13.1 Å². The Balaban J connectivity index is 1.96. The Kier molecular flexibility index (Phi) is 6.56. The first-order chi connectivity index (χ1) is 14.3. The number of nitrogens with zero attached hydrogens (tertiary/aromatic N) is 2. The molecule has 0 aliphatic rings. The number of hydrogen-bond donors (Lipinski definition) is 1. The second-order valence-electron chi connectivity index (χ2n) is 6.37. The third-order valence-corrected chi connectivity index (χ3v) is 5.47. The van der Waals surface area contributed by atoms with Crippen molar-refractivity contribution in [2.75, 3.05) is 7.11 Å². The van der Waals surface area contributed by atoms with Crippen molar-refractivity contribution in [3.63, 3.8) is 0 Å². The highest BCUT2D eigenvalue weighted by molar-refractivity contribution is 7.98. The first-order valence-corrected chi connectivity index (χ1v) is 9.77. The minimum absolute atomic E-state index is 0.0431. The summed E-state index contributed by atoms with van der Waals surface area (Å²) in [6, 6.07) is 5.88. The summed E-state index contributed by atoms with van der Waals surface area (Å²) < 4.78 is 38.9. The van der Waals surface area contributed by atoms with Gasteiger partial charge < -0.3 is 14.3 Å². The number of aromatic nitrogens is 2. The van der Waals surface area contributed by atoms with Gasteiger partial charge in [0.05, 0.1) is 25.2 Å². The summed E-state index contributed by atoms with van der Waals surface area (Å²) in [5.74, 6) is -3.39. The molecule has 7 nitrogen and oxygen atoms in total. The summed E-state index contributed by atoms with van der Waals surface area (Å²) in [5, 5.41) is 14.4. The lowest BCUT2D eigenvalue weighted by Gasteiger charge is -2.17. The Hall–Kier alpha value is -3.14. The number of aryl methyl sites for hydroxylation is 1. The fourth-order valence-corrected chi connectivity index (χ4v) is 3.71. The molecular formula is C20H18F2N2O5S. The van der Waals surface area contributed by atoms with E-state index in [1.165, 1.54) is 24.1 Å². The predicted octanol–water partition coefficient (Wildman–Crippen LogP) is 3.34. The first kappa shape index (κ1) is 21.6. The van der Waals surface area contributed by atoms with Crippen molar-refractivity contribution >= 4 is 17.7 Å². The molecule has 0 saturated heterocycles. The van der Waals surface area contributed by atoms with E-state index in [1.807, 2.05) is 0 Å². The van der Waals surface area contributed by atoms with Crippen molar-refractivity contribution in [3.05, 3.63) is 75.6 Å². The topological polar surface area (TPSA) is 94.6 Å². The number of hydrogen-bond acceptors (Lipinski definition) is 7. The molecule has 1 N–H and O–H groups in total. The predicted molar refractivity (Wildman–Crippen MR) is 104 cm³/mol. The Morgan fingerprint density at radius 3 is 2.73 bits per heavy atom. The monoisotopic (exact) mass is 436 g/mol. The fraction of sp³-hybridized carbons (Fsp3) is 0.250. The number of benzene rings is 1. The number of aromatic hydroxyl groups is 1. The molecule has 10 heteroatoms. The molecule has 0 aliphatic heterocycles. The lowest BCUT2D eigenvalue weighted by atomic mass is 9.97. The van der Waals surface area contributed by atoms with Crippen LogP contribution in [0, 0.1) is 11.6 Å². The highest BCUT2D eigenvalue weighted by Gasteiger charge is 2.28. The molecule has 3 aromatic rings. The van der Waals surface area contributed by atoms with E-state index in [0.29, 0.717) is 5.69 Å². The number of ether oxygens (including phenoxy) is 1. The summed E-state index contributed by atoms with van der Waals surface area (Å²) in [6.07, 6.45) is 1.31.